The quantitative estimate of drug-likeness (QED) is 0.825. The molecule has 1 N–H and O–H groups in total. The molecule has 114 valence electrons. The van der Waals surface area contributed by atoms with Crippen molar-refractivity contribution < 1.29 is 14.3 Å². The van der Waals surface area contributed by atoms with Crippen LogP contribution in [0.3, 0.4) is 0 Å². The van der Waals surface area contributed by atoms with Crippen molar-refractivity contribution in [3.63, 3.8) is 0 Å². The van der Waals surface area contributed by atoms with Gasteiger partial charge in [0, 0.05) is 18.0 Å². The van der Waals surface area contributed by atoms with Gasteiger partial charge < -0.3 is 15.0 Å². The van der Waals surface area contributed by atoms with Gasteiger partial charge in [-0.15, -0.1) is 12.6 Å². The van der Waals surface area contributed by atoms with Crippen molar-refractivity contribution in [1.29, 1.82) is 0 Å². The predicted octanol–water partition coefficient (Wildman–Crippen LogP) is 1.34. The molecule has 1 aromatic rings. The summed E-state index contributed by atoms with van der Waals surface area (Å²) in [6, 6.07) is 6.53. The molecule has 0 aliphatic carbocycles. The lowest BCUT2D eigenvalue weighted by Gasteiger charge is -2.34. The van der Waals surface area contributed by atoms with Crippen molar-refractivity contribution in [2.24, 2.45) is 0 Å². The van der Waals surface area contributed by atoms with Gasteiger partial charge in [-0.1, -0.05) is 19.1 Å². The molecule has 1 aliphatic heterocycles. The van der Waals surface area contributed by atoms with Gasteiger partial charge in [-0.2, -0.15) is 0 Å². The monoisotopic (exact) mass is 308 g/mol. The first kappa shape index (κ1) is 15.9. The number of thiol groups is 1. The van der Waals surface area contributed by atoms with Crippen molar-refractivity contribution >= 4 is 24.4 Å². The van der Waals surface area contributed by atoms with E-state index in [9.17, 15) is 9.59 Å². The van der Waals surface area contributed by atoms with Crippen molar-refractivity contribution in [2.45, 2.75) is 24.3 Å². The van der Waals surface area contributed by atoms with Crippen molar-refractivity contribution in [3.8, 4) is 0 Å². The van der Waals surface area contributed by atoms with E-state index in [1.165, 1.54) is 0 Å². The summed E-state index contributed by atoms with van der Waals surface area (Å²) in [4.78, 5) is 27.0. The Morgan fingerprint density at radius 2 is 2.19 bits per heavy atom. The topological polar surface area (TPSA) is 58.6 Å². The minimum atomic E-state index is -0.578. The van der Waals surface area contributed by atoms with E-state index in [0.717, 1.165) is 6.42 Å². The lowest BCUT2D eigenvalue weighted by Crippen LogP contribution is -2.56. The molecule has 1 aliphatic rings. The molecule has 0 radical (unpaired) electrons. The fourth-order valence-electron chi connectivity index (χ4n) is 2.24. The van der Waals surface area contributed by atoms with E-state index in [-0.39, 0.29) is 18.4 Å². The van der Waals surface area contributed by atoms with E-state index in [2.05, 4.69) is 17.9 Å². The number of carbonyl (C=O) groups is 2. The summed E-state index contributed by atoms with van der Waals surface area (Å²) < 4.78 is 5.36. The van der Waals surface area contributed by atoms with Gasteiger partial charge in [0.05, 0.1) is 18.8 Å². The van der Waals surface area contributed by atoms with Crippen LogP contribution >= 0.6 is 12.6 Å². The van der Waals surface area contributed by atoms with E-state index in [4.69, 9.17) is 4.74 Å². The molecular formula is C15H20N2O3S. The second-order valence-corrected chi connectivity index (χ2v) is 5.38. The summed E-state index contributed by atoms with van der Waals surface area (Å²) in [5.41, 5.74) is 0.510. The highest BCUT2D eigenvalue weighted by molar-refractivity contribution is 7.80. The molecule has 1 heterocycles. The van der Waals surface area contributed by atoms with Gasteiger partial charge in [-0.25, -0.2) is 0 Å². The Morgan fingerprint density at radius 1 is 1.43 bits per heavy atom. The van der Waals surface area contributed by atoms with Gasteiger partial charge in [0.25, 0.3) is 5.91 Å². The van der Waals surface area contributed by atoms with Crippen molar-refractivity contribution in [1.82, 2.24) is 10.2 Å². The molecule has 1 fully saturated rings. The van der Waals surface area contributed by atoms with E-state index in [1.807, 2.05) is 13.0 Å². The lowest BCUT2D eigenvalue weighted by molar-refractivity contribution is -0.130. The fraction of sp³-hybridized carbons (Fsp3) is 0.467. The average molecular weight is 308 g/mol. The molecule has 0 aromatic heterocycles. The van der Waals surface area contributed by atoms with Gasteiger partial charge in [-0.05, 0) is 18.6 Å². The second kappa shape index (κ2) is 7.47. The number of amides is 2. The Labute approximate surface area is 130 Å². The number of rotatable bonds is 4. The van der Waals surface area contributed by atoms with Gasteiger partial charge in [0.2, 0.25) is 5.91 Å². The Morgan fingerprint density at radius 3 is 2.90 bits per heavy atom. The third kappa shape index (κ3) is 3.77. The maximum atomic E-state index is 12.7. The molecule has 1 saturated heterocycles. The summed E-state index contributed by atoms with van der Waals surface area (Å²) in [6.07, 6.45) is 0.854. The molecule has 0 saturated carbocycles. The Hall–Kier alpha value is -1.53. The van der Waals surface area contributed by atoms with Crippen LogP contribution in [0.5, 0.6) is 0 Å². The number of hydrogen-bond acceptors (Lipinski definition) is 4. The molecular weight excluding hydrogens is 288 g/mol. The smallest absolute Gasteiger partial charge is 0.255 e. The fourth-order valence-corrected chi connectivity index (χ4v) is 2.50. The number of hydrogen-bond donors (Lipinski definition) is 2. The third-order valence-electron chi connectivity index (χ3n) is 3.38. The summed E-state index contributed by atoms with van der Waals surface area (Å²) >= 11 is 4.32. The summed E-state index contributed by atoms with van der Waals surface area (Å²) in [5.74, 6) is -0.345. The highest BCUT2D eigenvalue weighted by atomic mass is 32.1. The molecule has 2 amide bonds. The van der Waals surface area contributed by atoms with Crippen LogP contribution in [0, 0.1) is 0 Å². The number of ether oxygens (including phenoxy) is 1. The zero-order valence-electron chi connectivity index (χ0n) is 12.0. The van der Waals surface area contributed by atoms with Crippen LogP contribution in [0.2, 0.25) is 0 Å². The van der Waals surface area contributed by atoms with Crippen LogP contribution in [0.15, 0.2) is 29.2 Å². The number of nitrogens with one attached hydrogen (secondary N) is 1. The summed E-state index contributed by atoms with van der Waals surface area (Å²) in [6.45, 7) is 3.66. The average Bonchev–Trinajstić information content (AvgIpc) is 2.52. The minimum absolute atomic E-state index is 0.165. The van der Waals surface area contributed by atoms with Crippen LogP contribution < -0.4 is 5.32 Å². The first-order chi connectivity index (χ1) is 10.1. The molecule has 5 nitrogen and oxygen atoms in total. The van der Waals surface area contributed by atoms with Gasteiger partial charge >= 0.3 is 0 Å². The lowest BCUT2D eigenvalue weighted by atomic mass is 10.1. The van der Waals surface area contributed by atoms with E-state index in [0.29, 0.717) is 30.2 Å². The minimum Gasteiger partial charge on any atom is -0.377 e. The van der Waals surface area contributed by atoms with E-state index >= 15 is 0 Å². The van der Waals surface area contributed by atoms with E-state index in [1.54, 1.807) is 23.1 Å². The van der Waals surface area contributed by atoms with Crippen molar-refractivity contribution in [2.75, 3.05) is 26.3 Å². The Bertz CT molecular complexity index is 521. The maximum absolute atomic E-state index is 12.7. The van der Waals surface area contributed by atoms with E-state index < -0.39 is 6.04 Å². The highest BCUT2D eigenvalue weighted by Crippen LogP contribution is 2.18. The zero-order valence-corrected chi connectivity index (χ0v) is 12.9. The first-order valence-electron chi connectivity index (χ1n) is 7.09. The SMILES string of the molecule is CCCNC(=O)C1COCCN1C(=O)c1ccccc1S. The first-order valence-corrected chi connectivity index (χ1v) is 7.54. The third-order valence-corrected chi connectivity index (χ3v) is 3.77. The normalized spacial score (nSPS) is 18.4. The number of morpholine rings is 1. The summed E-state index contributed by atoms with van der Waals surface area (Å²) in [5, 5.41) is 2.82. The second-order valence-electron chi connectivity index (χ2n) is 4.90. The number of nitrogens with zero attached hydrogens (tertiary/aromatic N) is 1. The highest BCUT2D eigenvalue weighted by Gasteiger charge is 2.33. The summed E-state index contributed by atoms with van der Waals surface area (Å²) in [7, 11) is 0. The van der Waals surface area contributed by atoms with Gasteiger partial charge in [0.15, 0.2) is 0 Å². The molecule has 0 bridgehead atoms. The molecule has 1 unspecified atom stereocenters. The number of carbonyl (C=O) groups excluding carboxylic acids is 2. The molecule has 1 atom stereocenters. The molecule has 0 spiro atoms. The van der Waals surface area contributed by atoms with Crippen LogP contribution in [0.4, 0.5) is 0 Å². The Balaban J connectivity index is 2.16. The van der Waals surface area contributed by atoms with Crippen molar-refractivity contribution in [3.05, 3.63) is 29.8 Å². The Kier molecular flexibility index (Phi) is 5.64. The van der Waals surface area contributed by atoms with Crippen LogP contribution in [0.1, 0.15) is 23.7 Å². The van der Waals surface area contributed by atoms with Crippen LogP contribution in [-0.4, -0.2) is 49.1 Å². The zero-order chi connectivity index (χ0) is 15.2. The van der Waals surface area contributed by atoms with Crippen LogP contribution in [0.25, 0.3) is 0 Å². The molecule has 21 heavy (non-hydrogen) atoms. The standard InChI is InChI=1S/C15H20N2O3S/c1-2-7-16-14(18)12-10-20-9-8-17(12)15(19)11-5-3-4-6-13(11)21/h3-6,12,21H,2,7-10H2,1H3,(H,16,18). The predicted molar refractivity (Wildman–Crippen MR) is 82.6 cm³/mol. The maximum Gasteiger partial charge on any atom is 0.255 e. The van der Waals surface area contributed by atoms with Gasteiger partial charge in [-0.3, -0.25) is 9.59 Å². The molecule has 6 heteroatoms. The molecule has 2 rings (SSSR count). The largest absolute Gasteiger partial charge is 0.377 e. The number of benzene rings is 1. The molecule has 1 aromatic carbocycles. The van der Waals surface area contributed by atoms with Crippen LogP contribution in [-0.2, 0) is 9.53 Å². The van der Waals surface area contributed by atoms with Gasteiger partial charge in [0.1, 0.15) is 6.04 Å².